The molecule has 150 valence electrons. The Morgan fingerprint density at radius 1 is 0.935 bits per heavy atom. The Balaban J connectivity index is 0.000000292. The van der Waals surface area contributed by atoms with Gasteiger partial charge in [-0.2, -0.15) is 30.3 Å². The normalized spacial score (nSPS) is 14.5. The van der Waals surface area contributed by atoms with E-state index in [-0.39, 0.29) is 33.2 Å². The van der Waals surface area contributed by atoms with Crippen LogP contribution in [0.25, 0.3) is 0 Å². The number of aliphatic imine (C=N–C) groups is 1. The Morgan fingerprint density at radius 3 is 2.19 bits per heavy atom. The second-order valence-electron chi connectivity index (χ2n) is 6.85. The van der Waals surface area contributed by atoms with Gasteiger partial charge in [0.1, 0.15) is 5.71 Å². The monoisotopic (exact) mass is 527 g/mol. The van der Waals surface area contributed by atoms with Crippen molar-refractivity contribution in [3.05, 3.63) is 113 Å². The molecule has 3 aromatic rings. The Hall–Kier alpha value is -2.45. The van der Waals surface area contributed by atoms with E-state index in [0.29, 0.717) is 31.2 Å². The predicted octanol–water partition coefficient (Wildman–Crippen LogP) is 4.77. The van der Waals surface area contributed by atoms with Gasteiger partial charge in [-0.15, -0.1) is 18.1 Å². The summed E-state index contributed by atoms with van der Waals surface area (Å²) in [7, 11) is 0. The molecule has 0 saturated heterocycles. The quantitative estimate of drug-likeness (QED) is 0.364. The summed E-state index contributed by atoms with van der Waals surface area (Å²) in [4.78, 5) is 20.9. The summed E-state index contributed by atoms with van der Waals surface area (Å²) in [5.74, 6) is 0.644. The third-order valence-corrected chi connectivity index (χ3v) is 4.99. The van der Waals surface area contributed by atoms with Crippen molar-refractivity contribution in [1.29, 1.82) is 0 Å². The van der Waals surface area contributed by atoms with E-state index in [4.69, 9.17) is 11.6 Å². The van der Waals surface area contributed by atoms with Gasteiger partial charge >= 0.3 is 27.3 Å². The molecule has 2 aliphatic rings. The summed E-state index contributed by atoms with van der Waals surface area (Å²) in [6.07, 6.45) is 3.80. The molecule has 3 aromatic carbocycles. The number of halogens is 1. The van der Waals surface area contributed by atoms with Crippen LogP contribution in [0.15, 0.2) is 95.7 Å². The molecule has 4 nitrogen and oxygen atoms in total. The molecular weight excluding hydrogens is 506 g/mol. The average Bonchev–Trinajstić information content (AvgIpc) is 3.11. The molecule has 31 heavy (non-hydrogen) atoms. The zero-order valence-corrected chi connectivity index (χ0v) is 21.8. The number of carbonyl (C=O) groups is 1. The third kappa shape index (κ3) is 6.04. The summed E-state index contributed by atoms with van der Waals surface area (Å²) < 4.78 is 0. The third-order valence-electron chi connectivity index (χ3n) is 4.74. The van der Waals surface area contributed by atoms with Gasteiger partial charge in [0, 0.05) is 12.1 Å². The van der Waals surface area contributed by atoms with Crippen LogP contribution in [0, 0.1) is 12.1 Å². The van der Waals surface area contributed by atoms with Crippen molar-refractivity contribution < 1.29 is 32.1 Å². The molecule has 0 aliphatic carbocycles. The summed E-state index contributed by atoms with van der Waals surface area (Å²) in [6.45, 7) is 1.16. The molecule has 1 amide bonds. The second kappa shape index (κ2) is 11.3. The molecule has 0 atom stereocenters. The fraction of sp³-hybridized carbons (Fsp3) is 0.120. The Kier molecular flexibility index (Phi) is 8.43. The zero-order chi connectivity index (χ0) is 20.8. The van der Waals surface area contributed by atoms with E-state index < -0.39 is 0 Å². The zero-order valence-electron chi connectivity index (χ0n) is 17.0. The van der Waals surface area contributed by atoms with E-state index in [0.717, 1.165) is 16.3 Å². The number of anilines is 1. The molecule has 0 aromatic heterocycles. The van der Waals surface area contributed by atoms with E-state index in [1.165, 1.54) is 0 Å². The van der Waals surface area contributed by atoms with Crippen LogP contribution >= 0.6 is 11.6 Å². The first-order chi connectivity index (χ1) is 14.7. The Bertz CT molecular complexity index is 1060. The van der Waals surface area contributed by atoms with Gasteiger partial charge in [-0.1, -0.05) is 53.6 Å². The first-order valence-electron chi connectivity index (χ1n) is 9.66. The van der Waals surface area contributed by atoms with Crippen LogP contribution in [0.5, 0.6) is 0 Å². The fourth-order valence-corrected chi connectivity index (χ4v) is 3.35. The topological polar surface area (TPSA) is 35.9 Å². The number of nitrogens with zero attached hydrogens (tertiary/aromatic N) is 3. The van der Waals surface area contributed by atoms with Crippen LogP contribution in [0.4, 0.5) is 5.69 Å². The van der Waals surface area contributed by atoms with Crippen LogP contribution in [0.3, 0.4) is 0 Å². The predicted molar refractivity (Wildman–Crippen MR) is 120 cm³/mol. The number of benzene rings is 3. The number of hydrogen-bond donors (Lipinski definition) is 0. The minimum atomic E-state index is -0.0167. The van der Waals surface area contributed by atoms with E-state index >= 15 is 0 Å². The summed E-state index contributed by atoms with van der Waals surface area (Å²) >= 11 is 5.52. The maximum atomic E-state index is 12.6. The largest absolute Gasteiger partial charge is 2.00 e. The number of carbonyl (C=O) groups excluding carboxylic acids is 1. The molecule has 5 rings (SSSR count). The van der Waals surface area contributed by atoms with Crippen molar-refractivity contribution in [2.45, 2.75) is 6.42 Å². The number of amides is 1. The first kappa shape index (κ1) is 23.2. The average molecular weight is 526 g/mol. The van der Waals surface area contributed by atoms with Gasteiger partial charge in [-0.05, 0) is 23.5 Å². The number of fused-ring (bicyclic) bond motifs is 1. The van der Waals surface area contributed by atoms with Crippen molar-refractivity contribution >= 4 is 28.9 Å². The second-order valence-corrected chi connectivity index (χ2v) is 7.28. The molecule has 0 radical (unpaired) electrons. The molecule has 2 aliphatic heterocycles. The number of rotatable bonds is 3. The minimum absolute atomic E-state index is 0. The van der Waals surface area contributed by atoms with Crippen molar-refractivity contribution in [1.82, 2.24) is 4.90 Å². The van der Waals surface area contributed by atoms with Gasteiger partial charge in [0.25, 0.3) is 5.91 Å². The minimum Gasteiger partial charge on any atom is -0.431 e. The van der Waals surface area contributed by atoms with Crippen LogP contribution in [-0.2, 0) is 38.5 Å². The molecule has 0 spiro atoms. The molecule has 0 bridgehead atoms. The van der Waals surface area contributed by atoms with E-state index in [9.17, 15) is 4.79 Å². The van der Waals surface area contributed by atoms with Gasteiger partial charge in [0.05, 0.1) is 6.67 Å². The van der Waals surface area contributed by atoms with Crippen molar-refractivity contribution in [3.63, 3.8) is 0 Å². The summed E-state index contributed by atoms with van der Waals surface area (Å²) in [5, 5.41) is 0.763. The molecule has 6 heteroatoms. The molecular formula is C25H20CdClN3O. The molecule has 2 heterocycles. The van der Waals surface area contributed by atoms with Gasteiger partial charge in [0.2, 0.25) is 0 Å². The number of hydrogen-bond acceptors (Lipinski definition) is 3. The van der Waals surface area contributed by atoms with Crippen LogP contribution in [-0.4, -0.2) is 29.7 Å². The van der Waals surface area contributed by atoms with Crippen molar-refractivity contribution in [3.8, 4) is 0 Å². The van der Waals surface area contributed by atoms with Gasteiger partial charge in [0.15, 0.2) is 0 Å². The van der Waals surface area contributed by atoms with Gasteiger partial charge in [-0.25, -0.2) is 0 Å². The van der Waals surface area contributed by atoms with Crippen LogP contribution in [0.2, 0.25) is 5.02 Å². The van der Waals surface area contributed by atoms with E-state index in [1.54, 1.807) is 29.2 Å². The fourth-order valence-electron chi connectivity index (χ4n) is 3.22. The molecule has 0 N–H and O–H groups in total. The first-order valence-corrected chi connectivity index (χ1v) is 10.0. The Labute approximate surface area is 208 Å². The maximum absolute atomic E-state index is 12.6. The molecule has 0 unspecified atom stereocenters. The van der Waals surface area contributed by atoms with Gasteiger partial charge in [-0.3, -0.25) is 9.79 Å². The smallest absolute Gasteiger partial charge is 0.431 e. The summed E-state index contributed by atoms with van der Waals surface area (Å²) in [5.41, 5.74) is 2.77. The van der Waals surface area contributed by atoms with Crippen LogP contribution in [0.1, 0.15) is 5.56 Å². The summed E-state index contributed by atoms with van der Waals surface area (Å²) in [6, 6.07) is 30.0. The van der Waals surface area contributed by atoms with E-state index in [1.807, 2.05) is 60.7 Å². The molecule has 0 fully saturated rings. The van der Waals surface area contributed by atoms with E-state index in [2.05, 4.69) is 22.0 Å². The Morgan fingerprint density at radius 2 is 1.58 bits per heavy atom. The van der Waals surface area contributed by atoms with Crippen molar-refractivity contribution in [2.24, 2.45) is 4.99 Å². The van der Waals surface area contributed by atoms with Gasteiger partial charge < -0.3 is 15.9 Å². The maximum Gasteiger partial charge on any atom is 2.00 e. The molecule has 0 saturated carbocycles. The standard InChI is InChI=1S/C19H16N3O.C6H4Cl.Cd/c23-19-17(13-15-7-3-1-4-8-15)20-18-11-12-21(14-22(18)19)16-9-5-2-6-10-16;7-6-4-2-1-3-5-6;/h1-10H,12-14H2;2-5H;/q2*-1;+2. The van der Waals surface area contributed by atoms with Crippen molar-refractivity contribution in [2.75, 3.05) is 18.1 Å². The SMILES string of the molecule is Clc1cc[c-]cc1.O=C1C(Cc2ccccc2)=NC2=[C-]CN(c3ccccc3)CN12.[Cd+2]. The number of para-hydroxylation sites is 1. The van der Waals surface area contributed by atoms with Crippen LogP contribution < -0.4 is 4.90 Å².